The fourth-order valence-electron chi connectivity index (χ4n) is 2.22. The van der Waals surface area contributed by atoms with E-state index in [1.165, 1.54) is 28.2 Å². The van der Waals surface area contributed by atoms with Gasteiger partial charge in [-0.25, -0.2) is 0 Å². The molecule has 2 heterocycles. The van der Waals surface area contributed by atoms with Crippen LogP contribution in [0.1, 0.15) is 21.7 Å². The molecule has 0 fully saturated rings. The molecule has 3 rings (SSSR count). The van der Waals surface area contributed by atoms with Gasteiger partial charge in [-0.15, -0.1) is 11.3 Å². The molecule has 0 aliphatic heterocycles. The summed E-state index contributed by atoms with van der Waals surface area (Å²) in [7, 11) is 1.66. The second kappa shape index (κ2) is 6.22. The molecule has 0 bridgehead atoms. The van der Waals surface area contributed by atoms with Gasteiger partial charge in [-0.3, -0.25) is 9.59 Å². The molecule has 0 aliphatic rings. The lowest BCUT2D eigenvalue weighted by Gasteiger charge is -1.93. The van der Waals surface area contributed by atoms with Gasteiger partial charge in [0, 0.05) is 13.1 Å². The molecule has 0 amide bonds. The van der Waals surface area contributed by atoms with Gasteiger partial charge in [0.25, 0.3) is 5.56 Å². The molecule has 0 spiro atoms. The number of furan rings is 1. The van der Waals surface area contributed by atoms with Gasteiger partial charge in [-0.05, 0) is 30.7 Å². The fourth-order valence-corrected chi connectivity index (χ4v) is 3.25. The lowest BCUT2D eigenvalue weighted by molar-refractivity contribution is 0.103. The summed E-state index contributed by atoms with van der Waals surface area (Å²) in [5.41, 5.74) is 1.98. The Balaban J connectivity index is 2.09. The number of Topliss-reactive ketones (excluding diaryl/α,β-unsaturated/α-hetero) is 1. The molecular formula is C18H15NO3S. The van der Waals surface area contributed by atoms with Crippen molar-refractivity contribution in [2.75, 3.05) is 0 Å². The number of carbonyl (C=O) groups is 1. The van der Waals surface area contributed by atoms with E-state index in [2.05, 4.69) is 0 Å². The zero-order valence-electron chi connectivity index (χ0n) is 12.8. The number of aromatic nitrogens is 1. The summed E-state index contributed by atoms with van der Waals surface area (Å²) in [5, 5.41) is 0. The van der Waals surface area contributed by atoms with Crippen LogP contribution in [0.2, 0.25) is 0 Å². The van der Waals surface area contributed by atoms with E-state index in [1.54, 1.807) is 19.2 Å². The van der Waals surface area contributed by atoms with Gasteiger partial charge in [0.1, 0.15) is 4.66 Å². The Kier molecular flexibility index (Phi) is 4.12. The first kappa shape index (κ1) is 15.2. The second-order valence-corrected chi connectivity index (χ2v) is 6.28. The minimum absolute atomic E-state index is 0.116. The summed E-state index contributed by atoms with van der Waals surface area (Å²) >= 11 is 1.29. The van der Waals surface area contributed by atoms with Crippen molar-refractivity contribution < 1.29 is 9.21 Å². The number of hydrogen-bond donors (Lipinski definition) is 0. The summed E-state index contributed by atoms with van der Waals surface area (Å²) in [6.07, 6.45) is 4.72. The van der Waals surface area contributed by atoms with Crippen LogP contribution in [-0.2, 0) is 7.05 Å². The highest BCUT2D eigenvalue weighted by Gasteiger charge is 2.07. The summed E-state index contributed by atoms with van der Waals surface area (Å²) in [4.78, 5) is 24.4. The molecule has 116 valence electrons. The third kappa shape index (κ3) is 3.24. The van der Waals surface area contributed by atoms with Crippen molar-refractivity contribution in [1.29, 1.82) is 0 Å². The van der Waals surface area contributed by atoms with E-state index >= 15 is 0 Å². The summed E-state index contributed by atoms with van der Waals surface area (Å²) in [6, 6.07) is 11.2. The van der Waals surface area contributed by atoms with Crippen molar-refractivity contribution >= 4 is 29.3 Å². The normalized spacial score (nSPS) is 12.8. The first-order chi connectivity index (χ1) is 11.0. The van der Waals surface area contributed by atoms with Gasteiger partial charge in [0.15, 0.2) is 5.76 Å². The first-order valence-corrected chi connectivity index (χ1v) is 7.90. The molecule has 2 aromatic heterocycles. The van der Waals surface area contributed by atoms with Gasteiger partial charge < -0.3 is 8.98 Å². The molecule has 0 aliphatic carbocycles. The van der Waals surface area contributed by atoms with Gasteiger partial charge >= 0.3 is 0 Å². The molecule has 3 aromatic rings. The quantitative estimate of drug-likeness (QED) is 0.691. The van der Waals surface area contributed by atoms with E-state index in [0.717, 1.165) is 11.1 Å². The zero-order valence-corrected chi connectivity index (χ0v) is 13.6. The standard InChI is InChI=1S/C18H15NO3S/c1-12-5-3-6-13(9-12)10-16-18(21)19(2)17(23-16)11-14(20)15-7-4-8-22-15/h3-11H,1-2H3. The van der Waals surface area contributed by atoms with Gasteiger partial charge in [0.05, 0.1) is 10.8 Å². The molecule has 4 nitrogen and oxygen atoms in total. The predicted molar refractivity (Wildman–Crippen MR) is 91.1 cm³/mol. The minimum Gasteiger partial charge on any atom is -0.461 e. The molecule has 1 aromatic carbocycles. The van der Waals surface area contributed by atoms with Crippen molar-refractivity contribution in [3.63, 3.8) is 0 Å². The number of ketones is 1. The van der Waals surface area contributed by atoms with E-state index in [4.69, 9.17) is 4.42 Å². The Morgan fingerprint density at radius 2 is 2.09 bits per heavy atom. The van der Waals surface area contributed by atoms with Gasteiger partial charge in [0.2, 0.25) is 5.78 Å². The van der Waals surface area contributed by atoms with Crippen molar-refractivity contribution in [2.45, 2.75) is 6.92 Å². The Morgan fingerprint density at radius 3 is 2.78 bits per heavy atom. The Labute approximate surface area is 136 Å². The van der Waals surface area contributed by atoms with Crippen molar-refractivity contribution in [2.24, 2.45) is 7.05 Å². The summed E-state index contributed by atoms with van der Waals surface area (Å²) in [6.45, 7) is 2.01. The molecule has 0 saturated carbocycles. The maximum absolute atomic E-state index is 12.3. The number of aryl methyl sites for hydroxylation is 1. The van der Waals surface area contributed by atoms with Crippen LogP contribution in [0.4, 0.5) is 0 Å². The maximum atomic E-state index is 12.3. The summed E-state index contributed by atoms with van der Waals surface area (Å²) < 4.78 is 7.75. The van der Waals surface area contributed by atoms with Crippen LogP contribution in [0.5, 0.6) is 0 Å². The van der Waals surface area contributed by atoms with Crippen LogP contribution in [-0.4, -0.2) is 10.4 Å². The zero-order chi connectivity index (χ0) is 16.4. The van der Waals surface area contributed by atoms with E-state index in [1.807, 2.05) is 37.3 Å². The van der Waals surface area contributed by atoms with Crippen LogP contribution in [0.25, 0.3) is 12.2 Å². The number of thiazole rings is 1. The van der Waals surface area contributed by atoms with Crippen molar-refractivity contribution in [1.82, 2.24) is 4.57 Å². The van der Waals surface area contributed by atoms with E-state index < -0.39 is 0 Å². The number of hydrogen-bond acceptors (Lipinski definition) is 4. The molecule has 0 atom stereocenters. The number of nitrogens with zero attached hydrogens (tertiary/aromatic N) is 1. The topological polar surface area (TPSA) is 52.2 Å². The smallest absolute Gasteiger partial charge is 0.268 e. The highest BCUT2D eigenvalue weighted by Crippen LogP contribution is 2.04. The highest BCUT2D eigenvalue weighted by atomic mass is 32.1. The Morgan fingerprint density at radius 1 is 1.26 bits per heavy atom. The molecule has 5 heteroatoms. The van der Waals surface area contributed by atoms with Crippen LogP contribution in [0.15, 0.2) is 51.9 Å². The first-order valence-electron chi connectivity index (χ1n) is 7.08. The molecule has 0 radical (unpaired) electrons. The third-order valence-corrected chi connectivity index (χ3v) is 4.53. The Hall–Kier alpha value is -2.66. The van der Waals surface area contributed by atoms with Crippen molar-refractivity contribution in [3.8, 4) is 0 Å². The van der Waals surface area contributed by atoms with Gasteiger partial charge in [-0.1, -0.05) is 29.8 Å². The second-order valence-electron chi connectivity index (χ2n) is 5.21. The van der Waals surface area contributed by atoms with Crippen LogP contribution in [0, 0.1) is 6.92 Å². The highest BCUT2D eigenvalue weighted by molar-refractivity contribution is 7.07. The maximum Gasteiger partial charge on any atom is 0.268 e. The van der Waals surface area contributed by atoms with E-state index in [0.29, 0.717) is 9.20 Å². The molecular weight excluding hydrogens is 310 g/mol. The molecule has 0 unspecified atom stereocenters. The lowest BCUT2D eigenvalue weighted by atomic mass is 10.1. The van der Waals surface area contributed by atoms with E-state index in [-0.39, 0.29) is 17.1 Å². The van der Waals surface area contributed by atoms with Crippen LogP contribution < -0.4 is 14.8 Å². The van der Waals surface area contributed by atoms with Crippen LogP contribution in [0.3, 0.4) is 0 Å². The molecule has 0 saturated heterocycles. The SMILES string of the molecule is Cc1cccc(C=c2sc(=CC(=O)c3ccco3)n(C)c2=O)c1. The fraction of sp³-hybridized carbons (Fsp3) is 0.111. The monoisotopic (exact) mass is 325 g/mol. The lowest BCUT2D eigenvalue weighted by Crippen LogP contribution is -2.29. The average molecular weight is 325 g/mol. The van der Waals surface area contributed by atoms with Crippen LogP contribution >= 0.6 is 11.3 Å². The molecule has 23 heavy (non-hydrogen) atoms. The summed E-state index contributed by atoms with van der Waals surface area (Å²) in [5.74, 6) is 0.00372. The molecule has 0 N–H and O–H groups in total. The largest absolute Gasteiger partial charge is 0.461 e. The minimum atomic E-state index is -0.256. The number of benzene rings is 1. The van der Waals surface area contributed by atoms with E-state index in [9.17, 15) is 9.59 Å². The van der Waals surface area contributed by atoms with Gasteiger partial charge in [-0.2, -0.15) is 0 Å². The Bertz CT molecular complexity index is 1020. The average Bonchev–Trinajstić information content (AvgIpc) is 3.13. The van der Waals surface area contributed by atoms with Crippen molar-refractivity contribution in [3.05, 3.63) is 79.1 Å². The number of rotatable bonds is 3. The predicted octanol–water partition coefficient (Wildman–Crippen LogP) is 1.84. The third-order valence-electron chi connectivity index (χ3n) is 3.42. The number of carbonyl (C=O) groups excluding carboxylic acids is 1.